The number of thioether (sulfide) groups is 1. The molecule has 0 atom stereocenters. The minimum atomic E-state index is -0.231. The molecule has 0 unspecified atom stereocenters. The maximum Gasteiger partial charge on any atom is 0.250 e. The Kier molecular flexibility index (Phi) is 7.01. The van der Waals surface area contributed by atoms with Crippen molar-refractivity contribution in [2.75, 3.05) is 12.4 Å². The van der Waals surface area contributed by atoms with Crippen LogP contribution in [0.1, 0.15) is 16.1 Å². The summed E-state index contributed by atoms with van der Waals surface area (Å²) in [5, 5.41) is 12.3. The van der Waals surface area contributed by atoms with Gasteiger partial charge < -0.3 is 4.74 Å². The van der Waals surface area contributed by atoms with Crippen LogP contribution in [0.3, 0.4) is 0 Å². The van der Waals surface area contributed by atoms with Crippen molar-refractivity contribution < 1.29 is 9.53 Å². The van der Waals surface area contributed by atoms with Crippen LogP contribution in [0.4, 0.5) is 5.13 Å². The fourth-order valence-electron chi connectivity index (χ4n) is 2.23. The second-order valence-corrected chi connectivity index (χ2v) is 7.62. The molecule has 138 valence electrons. The van der Waals surface area contributed by atoms with Gasteiger partial charge in [-0.15, -0.1) is 22.0 Å². The van der Waals surface area contributed by atoms with E-state index in [0.29, 0.717) is 5.13 Å². The monoisotopic (exact) mass is 397 g/mol. The van der Waals surface area contributed by atoms with E-state index in [-0.39, 0.29) is 5.91 Å². The molecule has 0 radical (unpaired) electrons. The maximum atomic E-state index is 12.0. The Morgan fingerprint density at radius 2 is 1.89 bits per heavy atom. The number of ether oxygens (including phenoxy) is 1. The Balaban J connectivity index is 1.46. The molecule has 1 aromatic heterocycles. The van der Waals surface area contributed by atoms with Gasteiger partial charge in [-0.2, -0.15) is 0 Å². The van der Waals surface area contributed by atoms with E-state index in [4.69, 9.17) is 4.74 Å². The van der Waals surface area contributed by atoms with Crippen LogP contribution < -0.4 is 10.1 Å². The molecule has 1 amide bonds. The van der Waals surface area contributed by atoms with Crippen LogP contribution in [0, 0.1) is 0 Å². The van der Waals surface area contributed by atoms with Gasteiger partial charge in [0.15, 0.2) is 0 Å². The van der Waals surface area contributed by atoms with E-state index >= 15 is 0 Å². The fourth-order valence-corrected chi connectivity index (χ4v) is 4.01. The molecule has 0 saturated carbocycles. The van der Waals surface area contributed by atoms with Crippen LogP contribution in [0.15, 0.2) is 60.7 Å². The molecule has 3 rings (SSSR count). The van der Waals surface area contributed by atoms with Crippen molar-refractivity contribution in [3.8, 4) is 5.75 Å². The minimum absolute atomic E-state index is 0.231. The number of methoxy groups -OCH3 is 1. The van der Waals surface area contributed by atoms with Crippen LogP contribution in [-0.4, -0.2) is 23.2 Å². The molecule has 27 heavy (non-hydrogen) atoms. The number of hydrogen-bond donors (Lipinski definition) is 1. The third kappa shape index (κ3) is 6.23. The molecule has 3 aromatic rings. The highest BCUT2D eigenvalue weighted by atomic mass is 32.2. The SMILES string of the molecule is COc1ccc(/C=C/C(=O)Nc2nnc(CSCc3ccccc3)s2)cc1. The second kappa shape index (κ2) is 9.89. The highest BCUT2D eigenvalue weighted by Crippen LogP contribution is 2.22. The molecule has 0 aliphatic rings. The van der Waals surface area contributed by atoms with Crippen molar-refractivity contribution in [3.63, 3.8) is 0 Å². The first-order valence-corrected chi connectivity index (χ1v) is 10.3. The van der Waals surface area contributed by atoms with Crippen molar-refractivity contribution >= 4 is 40.2 Å². The van der Waals surface area contributed by atoms with Crippen molar-refractivity contribution in [2.24, 2.45) is 0 Å². The zero-order valence-corrected chi connectivity index (χ0v) is 16.4. The summed E-state index contributed by atoms with van der Waals surface area (Å²) in [6, 6.07) is 17.8. The van der Waals surface area contributed by atoms with Gasteiger partial charge >= 0.3 is 0 Å². The molecular weight excluding hydrogens is 378 g/mol. The lowest BCUT2D eigenvalue weighted by Gasteiger charge is -1.99. The Bertz CT molecular complexity index is 893. The van der Waals surface area contributed by atoms with E-state index in [1.165, 1.54) is 23.0 Å². The van der Waals surface area contributed by atoms with E-state index in [2.05, 4.69) is 27.6 Å². The maximum absolute atomic E-state index is 12.0. The van der Waals surface area contributed by atoms with Crippen LogP contribution >= 0.6 is 23.1 Å². The number of amides is 1. The molecule has 0 bridgehead atoms. The molecule has 0 spiro atoms. The lowest BCUT2D eigenvalue weighted by Crippen LogP contribution is -2.07. The zero-order chi connectivity index (χ0) is 18.9. The molecule has 1 N–H and O–H groups in total. The van der Waals surface area contributed by atoms with Crippen LogP contribution in [0.25, 0.3) is 6.08 Å². The highest BCUT2D eigenvalue weighted by molar-refractivity contribution is 7.97. The molecule has 2 aromatic carbocycles. The first-order chi connectivity index (χ1) is 13.2. The van der Waals surface area contributed by atoms with E-state index in [9.17, 15) is 4.79 Å². The molecule has 0 aliphatic heterocycles. The summed E-state index contributed by atoms with van der Waals surface area (Å²) >= 11 is 3.17. The summed E-state index contributed by atoms with van der Waals surface area (Å²) < 4.78 is 5.11. The number of anilines is 1. The Labute approximate surface area is 166 Å². The number of rotatable bonds is 8. The van der Waals surface area contributed by atoms with E-state index < -0.39 is 0 Å². The second-order valence-electron chi connectivity index (χ2n) is 5.58. The molecule has 0 aliphatic carbocycles. The van der Waals surface area contributed by atoms with Gasteiger partial charge in [0, 0.05) is 17.6 Å². The Hall–Kier alpha value is -2.64. The van der Waals surface area contributed by atoms with Crippen molar-refractivity contribution in [1.29, 1.82) is 0 Å². The van der Waals surface area contributed by atoms with Gasteiger partial charge in [-0.25, -0.2) is 0 Å². The van der Waals surface area contributed by atoms with Gasteiger partial charge in [-0.3, -0.25) is 10.1 Å². The quantitative estimate of drug-likeness (QED) is 0.561. The van der Waals surface area contributed by atoms with Crippen LogP contribution in [-0.2, 0) is 16.3 Å². The van der Waals surface area contributed by atoms with E-state index in [0.717, 1.165) is 27.8 Å². The number of aromatic nitrogens is 2. The molecule has 7 heteroatoms. The van der Waals surface area contributed by atoms with Gasteiger partial charge in [0.2, 0.25) is 11.0 Å². The summed E-state index contributed by atoms with van der Waals surface area (Å²) in [4.78, 5) is 12.0. The topological polar surface area (TPSA) is 64.1 Å². The van der Waals surface area contributed by atoms with Gasteiger partial charge in [0.1, 0.15) is 10.8 Å². The molecule has 0 fully saturated rings. The van der Waals surface area contributed by atoms with Gasteiger partial charge in [0.25, 0.3) is 0 Å². The Morgan fingerprint density at radius 3 is 2.63 bits per heavy atom. The van der Waals surface area contributed by atoms with Gasteiger partial charge in [-0.1, -0.05) is 53.8 Å². The smallest absolute Gasteiger partial charge is 0.250 e. The number of hydrogen-bond acceptors (Lipinski definition) is 6. The zero-order valence-electron chi connectivity index (χ0n) is 14.8. The average molecular weight is 398 g/mol. The van der Waals surface area contributed by atoms with Crippen molar-refractivity contribution in [3.05, 3.63) is 76.8 Å². The van der Waals surface area contributed by atoms with Gasteiger partial charge in [-0.05, 0) is 29.3 Å². The third-order valence-corrected chi connectivity index (χ3v) is 5.61. The molecular formula is C20H19N3O2S2. The predicted molar refractivity (Wildman–Crippen MR) is 112 cm³/mol. The van der Waals surface area contributed by atoms with Crippen molar-refractivity contribution in [1.82, 2.24) is 10.2 Å². The lowest BCUT2D eigenvalue weighted by molar-refractivity contribution is -0.111. The van der Waals surface area contributed by atoms with Crippen LogP contribution in [0.5, 0.6) is 5.75 Å². The molecule has 5 nitrogen and oxygen atoms in total. The number of nitrogens with one attached hydrogen (secondary N) is 1. The molecule has 0 saturated heterocycles. The number of carbonyl (C=O) groups is 1. The predicted octanol–water partition coefficient (Wildman–Crippen LogP) is 4.63. The first-order valence-electron chi connectivity index (χ1n) is 8.30. The summed E-state index contributed by atoms with van der Waals surface area (Å²) in [5.41, 5.74) is 2.20. The van der Waals surface area contributed by atoms with E-state index in [1.54, 1.807) is 24.9 Å². The first kappa shape index (κ1) is 19.1. The van der Waals surface area contributed by atoms with E-state index in [1.807, 2.05) is 42.5 Å². The van der Waals surface area contributed by atoms with Gasteiger partial charge in [0.05, 0.1) is 7.11 Å². The lowest BCUT2D eigenvalue weighted by atomic mass is 10.2. The number of carbonyl (C=O) groups excluding carboxylic acids is 1. The fraction of sp³-hybridized carbons (Fsp3) is 0.150. The minimum Gasteiger partial charge on any atom is -0.497 e. The summed E-state index contributed by atoms with van der Waals surface area (Å²) in [5.74, 6) is 2.24. The largest absolute Gasteiger partial charge is 0.497 e. The summed E-state index contributed by atoms with van der Waals surface area (Å²) in [6.45, 7) is 0. The number of nitrogens with zero attached hydrogens (tertiary/aromatic N) is 2. The molecule has 1 heterocycles. The highest BCUT2D eigenvalue weighted by Gasteiger charge is 2.06. The normalized spacial score (nSPS) is 10.9. The standard InChI is InChI=1S/C20H19N3O2S2/c1-25-17-10-7-15(8-11-17)9-12-18(24)21-20-23-22-19(27-20)14-26-13-16-5-3-2-4-6-16/h2-12H,13-14H2,1H3,(H,21,23,24)/b12-9+. The summed E-state index contributed by atoms with van der Waals surface area (Å²) in [7, 11) is 1.62. The Morgan fingerprint density at radius 1 is 1.11 bits per heavy atom. The van der Waals surface area contributed by atoms with Crippen LogP contribution in [0.2, 0.25) is 0 Å². The number of benzene rings is 2. The summed E-state index contributed by atoms with van der Waals surface area (Å²) in [6.07, 6.45) is 3.22. The average Bonchev–Trinajstić information content (AvgIpc) is 3.14. The van der Waals surface area contributed by atoms with Crippen molar-refractivity contribution in [2.45, 2.75) is 11.5 Å². The third-order valence-electron chi connectivity index (χ3n) is 3.58.